The second-order valence-electron chi connectivity index (χ2n) is 4.80. The average molecular weight is 377 g/mol. The van der Waals surface area contributed by atoms with Crippen molar-refractivity contribution in [3.8, 4) is 17.6 Å². The third-order valence-corrected chi connectivity index (χ3v) is 3.94. The van der Waals surface area contributed by atoms with E-state index in [-0.39, 0.29) is 0 Å². The molecule has 6 heteroatoms. The van der Waals surface area contributed by atoms with E-state index in [0.29, 0.717) is 35.3 Å². The van der Waals surface area contributed by atoms with Gasteiger partial charge in [0.25, 0.3) is 0 Å². The van der Waals surface area contributed by atoms with E-state index in [1.165, 1.54) is 0 Å². The number of halogens is 1. The van der Waals surface area contributed by atoms with Crippen LogP contribution in [-0.4, -0.2) is 19.9 Å². The summed E-state index contributed by atoms with van der Waals surface area (Å²) in [6.45, 7) is 6.10. The molecule has 23 heavy (non-hydrogen) atoms. The van der Waals surface area contributed by atoms with Crippen molar-refractivity contribution in [2.75, 3.05) is 13.7 Å². The number of furan rings is 1. The third kappa shape index (κ3) is 3.57. The molecule has 0 atom stereocenters. The molecule has 1 heterocycles. The fourth-order valence-corrected chi connectivity index (χ4v) is 2.64. The molecule has 1 aromatic carbocycles. The molecule has 0 unspecified atom stereocenters. The van der Waals surface area contributed by atoms with Crippen LogP contribution in [0.3, 0.4) is 0 Å². The van der Waals surface area contributed by atoms with Gasteiger partial charge in [-0.3, -0.25) is 0 Å². The van der Waals surface area contributed by atoms with E-state index >= 15 is 0 Å². The van der Waals surface area contributed by atoms with Gasteiger partial charge in [-0.05, 0) is 54.4 Å². The van der Waals surface area contributed by atoms with Crippen LogP contribution in [0.4, 0.5) is 5.88 Å². The Morgan fingerprint density at radius 1 is 1.39 bits per heavy atom. The number of methoxy groups -OCH3 is 1. The van der Waals surface area contributed by atoms with Gasteiger partial charge in [0, 0.05) is 11.8 Å². The highest BCUT2D eigenvalue weighted by Gasteiger charge is 2.14. The van der Waals surface area contributed by atoms with Gasteiger partial charge < -0.3 is 13.9 Å². The number of hydrogen-bond donors (Lipinski definition) is 0. The molecule has 0 spiro atoms. The lowest BCUT2D eigenvalue weighted by Crippen LogP contribution is -1.97. The van der Waals surface area contributed by atoms with Crippen molar-refractivity contribution in [2.24, 2.45) is 4.99 Å². The highest BCUT2D eigenvalue weighted by atomic mass is 79.9. The highest BCUT2D eigenvalue weighted by molar-refractivity contribution is 9.10. The maximum Gasteiger partial charge on any atom is 0.237 e. The summed E-state index contributed by atoms with van der Waals surface area (Å²) in [6.07, 6.45) is 1.63. The fraction of sp³-hybridized carbons (Fsp3) is 0.294. The zero-order valence-corrected chi connectivity index (χ0v) is 15.0. The Kier molecular flexibility index (Phi) is 5.45. The van der Waals surface area contributed by atoms with Gasteiger partial charge in [-0.1, -0.05) is 0 Å². The number of nitrogens with zero attached hydrogens (tertiary/aromatic N) is 2. The van der Waals surface area contributed by atoms with Crippen molar-refractivity contribution in [2.45, 2.75) is 20.8 Å². The van der Waals surface area contributed by atoms with E-state index in [1.807, 2.05) is 32.9 Å². The summed E-state index contributed by atoms with van der Waals surface area (Å²) in [5.41, 5.74) is 2.06. The first kappa shape index (κ1) is 17.1. The number of benzene rings is 1. The SMILES string of the molecule is CCOc1c(Br)cc(C=Nc2oc(C)c(C)c2C#N)cc1OC. The summed E-state index contributed by atoms with van der Waals surface area (Å²) < 4.78 is 17.2. The van der Waals surface area contributed by atoms with Gasteiger partial charge in [0.15, 0.2) is 11.5 Å². The highest BCUT2D eigenvalue weighted by Crippen LogP contribution is 2.36. The van der Waals surface area contributed by atoms with Gasteiger partial charge in [0.05, 0.1) is 18.2 Å². The van der Waals surface area contributed by atoms with Gasteiger partial charge in [-0.2, -0.15) is 5.26 Å². The summed E-state index contributed by atoms with van der Waals surface area (Å²) in [6, 6.07) is 5.80. The van der Waals surface area contributed by atoms with Crippen LogP contribution >= 0.6 is 15.9 Å². The molecule has 0 aliphatic rings. The molecule has 0 bridgehead atoms. The van der Waals surface area contributed by atoms with Crippen molar-refractivity contribution in [3.05, 3.63) is 39.1 Å². The van der Waals surface area contributed by atoms with E-state index in [0.717, 1.165) is 15.6 Å². The van der Waals surface area contributed by atoms with Crippen LogP contribution in [0.15, 0.2) is 26.0 Å². The Hall–Kier alpha value is -2.26. The standard InChI is InChI=1S/C17H17BrN2O3/c1-5-22-16-14(18)6-12(7-15(16)21-4)9-20-17-13(8-19)10(2)11(3)23-17/h6-7,9H,5H2,1-4H3. The van der Waals surface area contributed by atoms with Crippen LogP contribution in [-0.2, 0) is 0 Å². The number of hydrogen-bond acceptors (Lipinski definition) is 5. The number of rotatable bonds is 5. The van der Waals surface area contributed by atoms with E-state index in [9.17, 15) is 5.26 Å². The molecule has 5 nitrogen and oxygen atoms in total. The lowest BCUT2D eigenvalue weighted by molar-refractivity contribution is 0.309. The molecule has 2 aromatic rings. The molecular formula is C17H17BrN2O3. The van der Waals surface area contributed by atoms with Crippen molar-refractivity contribution >= 4 is 28.0 Å². The fourth-order valence-electron chi connectivity index (χ4n) is 2.06. The molecule has 0 radical (unpaired) electrons. The van der Waals surface area contributed by atoms with Gasteiger partial charge in [0.1, 0.15) is 17.4 Å². The molecule has 120 valence electrons. The lowest BCUT2D eigenvalue weighted by atomic mass is 10.2. The topological polar surface area (TPSA) is 67.8 Å². The molecule has 0 saturated carbocycles. The van der Waals surface area contributed by atoms with Gasteiger partial charge in [0.2, 0.25) is 5.88 Å². The molecule has 0 saturated heterocycles. The summed E-state index contributed by atoms with van der Waals surface area (Å²) in [4.78, 5) is 4.29. The predicted molar refractivity (Wildman–Crippen MR) is 92.0 cm³/mol. The van der Waals surface area contributed by atoms with Crippen molar-refractivity contribution in [1.82, 2.24) is 0 Å². The first-order valence-electron chi connectivity index (χ1n) is 7.06. The third-order valence-electron chi connectivity index (χ3n) is 3.35. The number of ether oxygens (including phenoxy) is 2. The first-order chi connectivity index (χ1) is 11.0. The lowest BCUT2D eigenvalue weighted by Gasteiger charge is -2.11. The molecular weight excluding hydrogens is 360 g/mol. The minimum Gasteiger partial charge on any atom is -0.493 e. The van der Waals surface area contributed by atoms with Crippen LogP contribution in [0.2, 0.25) is 0 Å². The summed E-state index contributed by atoms with van der Waals surface area (Å²) >= 11 is 3.47. The summed E-state index contributed by atoms with van der Waals surface area (Å²) in [5.74, 6) is 2.26. The Bertz CT molecular complexity index is 788. The molecule has 0 aliphatic heterocycles. The largest absolute Gasteiger partial charge is 0.493 e. The quantitative estimate of drug-likeness (QED) is 0.709. The van der Waals surface area contributed by atoms with E-state index in [4.69, 9.17) is 13.9 Å². The molecule has 2 rings (SSSR count). The van der Waals surface area contributed by atoms with Crippen molar-refractivity contribution in [1.29, 1.82) is 5.26 Å². The van der Waals surface area contributed by atoms with Crippen LogP contribution in [0, 0.1) is 25.2 Å². The van der Waals surface area contributed by atoms with Crippen LogP contribution in [0.5, 0.6) is 11.5 Å². The molecule has 0 fully saturated rings. The van der Waals surface area contributed by atoms with Crippen LogP contribution in [0.1, 0.15) is 29.4 Å². The first-order valence-corrected chi connectivity index (χ1v) is 7.85. The van der Waals surface area contributed by atoms with Gasteiger partial charge in [-0.25, -0.2) is 4.99 Å². The van der Waals surface area contributed by atoms with E-state index in [2.05, 4.69) is 27.0 Å². The number of aryl methyl sites for hydroxylation is 1. The molecule has 0 amide bonds. The average Bonchev–Trinajstić information content (AvgIpc) is 2.81. The Morgan fingerprint density at radius 3 is 2.74 bits per heavy atom. The second kappa shape index (κ2) is 7.34. The maximum absolute atomic E-state index is 9.20. The monoisotopic (exact) mass is 376 g/mol. The van der Waals surface area contributed by atoms with E-state index in [1.54, 1.807) is 13.3 Å². The number of aliphatic imine (C=N–C) groups is 1. The Balaban J connectivity index is 2.39. The van der Waals surface area contributed by atoms with Crippen molar-refractivity contribution in [3.63, 3.8) is 0 Å². The minimum absolute atomic E-state index is 0.312. The molecule has 0 aliphatic carbocycles. The second-order valence-corrected chi connectivity index (χ2v) is 5.65. The van der Waals surface area contributed by atoms with Crippen LogP contribution in [0.25, 0.3) is 0 Å². The van der Waals surface area contributed by atoms with Gasteiger partial charge >= 0.3 is 0 Å². The zero-order valence-electron chi connectivity index (χ0n) is 13.4. The minimum atomic E-state index is 0.312. The maximum atomic E-state index is 9.20. The van der Waals surface area contributed by atoms with E-state index < -0.39 is 0 Å². The normalized spacial score (nSPS) is 10.8. The Morgan fingerprint density at radius 2 is 2.13 bits per heavy atom. The molecule has 0 N–H and O–H groups in total. The van der Waals surface area contributed by atoms with Crippen LogP contribution < -0.4 is 9.47 Å². The number of nitriles is 1. The summed E-state index contributed by atoms with van der Waals surface area (Å²) in [5, 5.41) is 9.20. The smallest absolute Gasteiger partial charge is 0.237 e. The van der Waals surface area contributed by atoms with Crippen molar-refractivity contribution < 1.29 is 13.9 Å². The summed E-state index contributed by atoms with van der Waals surface area (Å²) in [7, 11) is 1.58. The zero-order chi connectivity index (χ0) is 17.0. The predicted octanol–water partition coefficient (Wildman–Crippen LogP) is 4.69. The molecule has 1 aromatic heterocycles. The Labute approximate surface area is 143 Å². The van der Waals surface area contributed by atoms with Gasteiger partial charge in [-0.15, -0.1) is 0 Å².